The minimum atomic E-state index is -0.383. The molecule has 2 bridgehead atoms. The van der Waals surface area contributed by atoms with Crippen molar-refractivity contribution in [2.24, 2.45) is 11.8 Å². The van der Waals surface area contributed by atoms with Gasteiger partial charge in [0.2, 0.25) is 11.8 Å². The van der Waals surface area contributed by atoms with Crippen LogP contribution in [-0.4, -0.2) is 11.8 Å². The fraction of sp³-hybridized carbons (Fsp3) is 0.118. The molecule has 4 heteroatoms. The number of amides is 2. The van der Waals surface area contributed by atoms with E-state index in [1.807, 2.05) is 78.9 Å². The maximum absolute atomic E-state index is 13.9. The number of anilines is 1. The number of nitrogens with zero attached hydrogens (tertiary/aromatic N) is 1. The zero-order chi connectivity index (χ0) is 25.4. The Kier molecular flexibility index (Phi) is 4.45. The molecule has 0 unspecified atom stereocenters. The van der Waals surface area contributed by atoms with Gasteiger partial charge in [-0.3, -0.25) is 9.59 Å². The number of carbonyl (C=O) groups is 2. The summed E-state index contributed by atoms with van der Waals surface area (Å²) in [4.78, 5) is 29.3. The molecule has 5 aromatic carbocycles. The minimum absolute atomic E-state index is 0.102. The Bertz CT molecular complexity index is 1660. The number of fused-ring (bicyclic) bond motifs is 1. The maximum atomic E-state index is 13.9. The molecule has 3 aliphatic carbocycles. The molecular formula is C34H23NO3. The minimum Gasteiger partial charge on any atom is -0.457 e. The molecule has 38 heavy (non-hydrogen) atoms. The van der Waals surface area contributed by atoms with E-state index < -0.39 is 0 Å². The Hall–Kier alpha value is -4.70. The molecule has 0 N–H and O–H groups in total. The first-order valence-corrected chi connectivity index (χ1v) is 13.0. The molecule has 0 saturated carbocycles. The second kappa shape index (κ2) is 7.90. The second-order valence-corrected chi connectivity index (χ2v) is 10.4. The molecule has 1 aliphatic heterocycles. The highest BCUT2D eigenvalue weighted by atomic mass is 16.5. The molecule has 1 fully saturated rings. The van der Waals surface area contributed by atoms with Gasteiger partial charge in [0.05, 0.1) is 17.5 Å². The van der Waals surface area contributed by atoms with Crippen molar-refractivity contribution in [3.05, 3.63) is 138 Å². The van der Waals surface area contributed by atoms with Crippen molar-refractivity contribution < 1.29 is 14.3 Å². The summed E-state index contributed by atoms with van der Waals surface area (Å²) in [6, 6.07) is 38.0. The van der Waals surface area contributed by atoms with Crippen LogP contribution in [0.4, 0.5) is 5.69 Å². The van der Waals surface area contributed by atoms with Gasteiger partial charge in [-0.15, -0.1) is 0 Å². The molecule has 2 amide bonds. The summed E-state index contributed by atoms with van der Waals surface area (Å²) in [5, 5.41) is 2.26. The monoisotopic (exact) mass is 493 g/mol. The van der Waals surface area contributed by atoms with Gasteiger partial charge in [-0.05, 0) is 69.4 Å². The highest BCUT2D eigenvalue weighted by Crippen LogP contribution is 2.61. The van der Waals surface area contributed by atoms with E-state index in [4.69, 9.17) is 4.74 Å². The van der Waals surface area contributed by atoms with E-state index in [0.717, 1.165) is 16.5 Å². The van der Waals surface area contributed by atoms with Gasteiger partial charge in [-0.25, -0.2) is 4.90 Å². The van der Waals surface area contributed by atoms with Crippen molar-refractivity contribution in [2.45, 2.75) is 11.8 Å². The SMILES string of the molecule is O=C1[C@H]2C3c4ccccc4C(c4ccccc43)[C@@H]2C(=O)N1c1ccc(Oc2ccc3ccccc3c2)cc1. The maximum Gasteiger partial charge on any atom is 0.238 e. The third kappa shape index (κ3) is 2.91. The van der Waals surface area contributed by atoms with Crippen LogP contribution in [0.1, 0.15) is 34.1 Å². The van der Waals surface area contributed by atoms with E-state index in [0.29, 0.717) is 11.4 Å². The third-order valence-electron chi connectivity index (χ3n) is 8.50. The number of benzene rings is 5. The van der Waals surface area contributed by atoms with Gasteiger partial charge in [-0.1, -0.05) is 78.9 Å². The van der Waals surface area contributed by atoms with Crippen LogP contribution in [0.2, 0.25) is 0 Å². The zero-order valence-corrected chi connectivity index (χ0v) is 20.5. The van der Waals surface area contributed by atoms with Crippen LogP contribution in [0.5, 0.6) is 11.5 Å². The first-order valence-electron chi connectivity index (χ1n) is 13.0. The number of hydrogen-bond donors (Lipinski definition) is 0. The summed E-state index contributed by atoms with van der Waals surface area (Å²) in [6.45, 7) is 0. The van der Waals surface area contributed by atoms with Crippen molar-refractivity contribution >= 4 is 28.3 Å². The molecule has 182 valence electrons. The Morgan fingerprint density at radius 2 is 0.974 bits per heavy atom. The van der Waals surface area contributed by atoms with E-state index in [1.54, 1.807) is 0 Å². The van der Waals surface area contributed by atoms with Gasteiger partial charge in [0, 0.05) is 11.8 Å². The summed E-state index contributed by atoms with van der Waals surface area (Å²) in [6.07, 6.45) is 0. The number of hydrogen-bond acceptors (Lipinski definition) is 3. The summed E-state index contributed by atoms with van der Waals surface area (Å²) in [5.74, 6) is 0.202. The van der Waals surface area contributed by atoms with E-state index >= 15 is 0 Å². The highest BCUT2D eigenvalue weighted by Gasteiger charge is 2.61. The molecule has 0 radical (unpaired) electrons. The standard InChI is InChI=1S/C34H23NO3/c36-33-31-29-25-9-3-4-10-26(25)30(28-12-6-5-11-27(28)29)32(31)34(37)35(33)22-14-17-23(18-15-22)38-24-16-13-20-7-1-2-8-21(20)19-24/h1-19,29-32H/t29?,30?,31-,32-/m0/s1. The van der Waals surface area contributed by atoms with E-state index in [1.165, 1.54) is 27.2 Å². The Morgan fingerprint density at radius 3 is 1.53 bits per heavy atom. The molecule has 4 nitrogen and oxygen atoms in total. The lowest BCUT2D eigenvalue weighted by atomic mass is 9.55. The third-order valence-corrected chi connectivity index (χ3v) is 8.50. The smallest absolute Gasteiger partial charge is 0.238 e. The van der Waals surface area contributed by atoms with Gasteiger partial charge >= 0.3 is 0 Å². The van der Waals surface area contributed by atoms with Crippen LogP contribution in [0, 0.1) is 11.8 Å². The number of ether oxygens (including phenoxy) is 1. The van der Waals surface area contributed by atoms with Gasteiger partial charge in [0.15, 0.2) is 0 Å². The summed E-state index contributed by atoms with van der Waals surface area (Å²) in [7, 11) is 0. The Morgan fingerprint density at radius 1 is 0.500 bits per heavy atom. The van der Waals surface area contributed by atoms with Gasteiger partial charge < -0.3 is 4.74 Å². The molecule has 9 rings (SSSR count). The van der Waals surface area contributed by atoms with Crippen molar-refractivity contribution in [1.82, 2.24) is 0 Å². The lowest BCUT2D eigenvalue weighted by Crippen LogP contribution is -2.41. The van der Waals surface area contributed by atoms with Gasteiger partial charge in [0.1, 0.15) is 11.5 Å². The molecule has 2 atom stereocenters. The lowest BCUT2D eigenvalue weighted by Gasteiger charge is -2.45. The van der Waals surface area contributed by atoms with Crippen LogP contribution in [0.3, 0.4) is 0 Å². The first kappa shape index (κ1) is 21.4. The fourth-order valence-corrected chi connectivity index (χ4v) is 6.96. The number of imide groups is 1. The van der Waals surface area contributed by atoms with Crippen LogP contribution < -0.4 is 9.64 Å². The molecule has 5 aromatic rings. The largest absolute Gasteiger partial charge is 0.457 e. The normalized spacial score (nSPS) is 22.8. The second-order valence-electron chi connectivity index (χ2n) is 10.4. The predicted octanol–water partition coefficient (Wildman–Crippen LogP) is 7.03. The van der Waals surface area contributed by atoms with Crippen molar-refractivity contribution in [1.29, 1.82) is 0 Å². The quantitative estimate of drug-likeness (QED) is 0.254. The van der Waals surface area contributed by atoms with Crippen LogP contribution in [0.15, 0.2) is 115 Å². The predicted molar refractivity (Wildman–Crippen MR) is 147 cm³/mol. The molecule has 1 saturated heterocycles. The number of rotatable bonds is 3. The lowest BCUT2D eigenvalue weighted by molar-refractivity contribution is -0.122. The Labute approximate surface area is 220 Å². The first-order chi connectivity index (χ1) is 18.7. The van der Waals surface area contributed by atoms with Crippen LogP contribution >= 0.6 is 0 Å². The summed E-state index contributed by atoms with van der Waals surface area (Å²) >= 11 is 0. The van der Waals surface area contributed by atoms with Crippen molar-refractivity contribution in [2.75, 3.05) is 4.90 Å². The van der Waals surface area contributed by atoms with E-state index in [2.05, 4.69) is 36.4 Å². The van der Waals surface area contributed by atoms with Crippen LogP contribution in [-0.2, 0) is 9.59 Å². The molecule has 0 spiro atoms. The average Bonchev–Trinajstić information content (AvgIpc) is 3.23. The summed E-state index contributed by atoms with van der Waals surface area (Å²) < 4.78 is 6.09. The number of carbonyl (C=O) groups excluding carboxylic acids is 2. The topological polar surface area (TPSA) is 46.6 Å². The van der Waals surface area contributed by atoms with Crippen molar-refractivity contribution in [3.63, 3.8) is 0 Å². The van der Waals surface area contributed by atoms with Gasteiger partial charge in [-0.2, -0.15) is 0 Å². The van der Waals surface area contributed by atoms with E-state index in [-0.39, 0.29) is 35.5 Å². The van der Waals surface area contributed by atoms with Crippen LogP contribution in [0.25, 0.3) is 10.8 Å². The molecular weight excluding hydrogens is 470 g/mol. The Balaban J connectivity index is 1.13. The van der Waals surface area contributed by atoms with Crippen molar-refractivity contribution in [3.8, 4) is 11.5 Å². The molecule has 1 heterocycles. The van der Waals surface area contributed by atoms with E-state index in [9.17, 15) is 9.59 Å². The average molecular weight is 494 g/mol. The zero-order valence-electron chi connectivity index (χ0n) is 20.5. The molecule has 0 aromatic heterocycles. The summed E-state index contributed by atoms with van der Waals surface area (Å²) in [5.41, 5.74) is 5.31. The van der Waals surface area contributed by atoms with Gasteiger partial charge in [0.25, 0.3) is 0 Å². The highest BCUT2D eigenvalue weighted by molar-refractivity contribution is 6.23. The molecule has 4 aliphatic rings. The fourth-order valence-electron chi connectivity index (χ4n) is 6.96.